The molecule has 1 N–H and O–H groups in total. The first-order valence-corrected chi connectivity index (χ1v) is 6.07. The van der Waals surface area contributed by atoms with Crippen LogP contribution in [0.25, 0.3) is 10.9 Å². The van der Waals surface area contributed by atoms with Gasteiger partial charge in [0.05, 0.1) is 18.1 Å². The Bertz CT molecular complexity index is 519. The topological polar surface area (TPSA) is 55.0 Å². The highest BCUT2D eigenvalue weighted by molar-refractivity contribution is 5.79. The van der Waals surface area contributed by atoms with E-state index < -0.39 is 5.60 Å². The van der Waals surface area contributed by atoms with Crippen molar-refractivity contribution in [2.75, 3.05) is 0 Å². The van der Waals surface area contributed by atoms with Gasteiger partial charge in [-0.1, -0.05) is 0 Å². The Hall–Kier alpha value is -1.84. The second-order valence-corrected chi connectivity index (χ2v) is 5.34. The molecule has 18 heavy (non-hydrogen) atoms. The monoisotopic (exact) mass is 246 g/mol. The molecule has 0 aliphatic heterocycles. The third-order valence-corrected chi connectivity index (χ3v) is 2.50. The summed E-state index contributed by atoms with van der Waals surface area (Å²) in [6.07, 6.45) is 4.58. The van der Waals surface area contributed by atoms with E-state index in [-0.39, 0.29) is 5.97 Å². The molecule has 0 unspecified atom stereocenters. The summed E-state index contributed by atoms with van der Waals surface area (Å²) in [7, 11) is 0. The molecule has 0 saturated heterocycles. The molecule has 2 heterocycles. The molecule has 0 aliphatic rings. The van der Waals surface area contributed by atoms with Gasteiger partial charge in [-0.3, -0.25) is 9.78 Å². The fraction of sp³-hybridized carbons (Fsp3) is 0.429. The van der Waals surface area contributed by atoms with Crippen LogP contribution in [0.4, 0.5) is 0 Å². The Labute approximate surface area is 106 Å². The van der Waals surface area contributed by atoms with Crippen LogP contribution in [-0.2, 0) is 16.0 Å². The SMILES string of the molecule is CC(C)(C)OC(=O)CCc1cc2ccncc2[nH]1. The quantitative estimate of drug-likeness (QED) is 0.847. The van der Waals surface area contributed by atoms with Gasteiger partial charge in [0, 0.05) is 17.3 Å². The number of nitrogens with zero attached hydrogens (tertiary/aromatic N) is 1. The number of aromatic amines is 1. The van der Waals surface area contributed by atoms with E-state index in [1.54, 1.807) is 12.4 Å². The van der Waals surface area contributed by atoms with Crippen LogP contribution >= 0.6 is 0 Å². The van der Waals surface area contributed by atoms with Crippen LogP contribution in [0, 0.1) is 0 Å². The third-order valence-electron chi connectivity index (χ3n) is 2.50. The van der Waals surface area contributed by atoms with Crippen LogP contribution in [0.5, 0.6) is 0 Å². The Morgan fingerprint density at radius 3 is 2.89 bits per heavy atom. The number of ether oxygens (including phenoxy) is 1. The Balaban J connectivity index is 1.96. The molecular formula is C14H18N2O2. The second-order valence-electron chi connectivity index (χ2n) is 5.34. The zero-order valence-corrected chi connectivity index (χ0v) is 11.0. The van der Waals surface area contributed by atoms with Gasteiger partial charge in [0.15, 0.2) is 0 Å². The molecule has 0 bridgehead atoms. The van der Waals surface area contributed by atoms with Crippen molar-refractivity contribution in [1.29, 1.82) is 0 Å². The van der Waals surface area contributed by atoms with E-state index in [0.717, 1.165) is 16.6 Å². The van der Waals surface area contributed by atoms with Crippen LogP contribution in [0.2, 0.25) is 0 Å². The minimum absolute atomic E-state index is 0.167. The average Bonchev–Trinajstić information content (AvgIpc) is 2.66. The lowest BCUT2D eigenvalue weighted by Gasteiger charge is -2.19. The van der Waals surface area contributed by atoms with Gasteiger partial charge < -0.3 is 9.72 Å². The maximum atomic E-state index is 11.6. The van der Waals surface area contributed by atoms with Crippen molar-refractivity contribution in [3.8, 4) is 0 Å². The number of aromatic nitrogens is 2. The van der Waals surface area contributed by atoms with Gasteiger partial charge in [-0.2, -0.15) is 0 Å². The van der Waals surface area contributed by atoms with Gasteiger partial charge in [0.1, 0.15) is 5.60 Å². The second kappa shape index (κ2) is 4.80. The highest BCUT2D eigenvalue weighted by Gasteiger charge is 2.16. The number of pyridine rings is 1. The largest absolute Gasteiger partial charge is 0.460 e. The van der Waals surface area contributed by atoms with Crippen molar-refractivity contribution in [1.82, 2.24) is 9.97 Å². The summed E-state index contributed by atoms with van der Waals surface area (Å²) in [5.41, 5.74) is 1.61. The Morgan fingerprint density at radius 2 is 2.22 bits per heavy atom. The number of fused-ring (bicyclic) bond motifs is 1. The van der Waals surface area contributed by atoms with Crippen LogP contribution in [0.15, 0.2) is 24.5 Å². The summed E-state index contributed by atoms with van der Waals surface area (Å²) in [4.78, 5) is 18.9. The highest BCUT2D eigenvalue weighted by Crippen LogP contribution is 2.15. The van der Waals surface area contributed by atoms with E-state index in [0.29, 0.717) is 12.8 Å². The summed E-state index contributed by atoms with van der Waals surface area (Å²) in [5, 5.41) is 1.11. The molecule has 4 heteroatoms. The number of carbonyl (C=O) groups excluding carboxylic acids is 1. The lowest BCUT2D eigenvalue weighted by molar-refractivity contribution is -0.154. The van der Waals surface area contributed by atoms with Gasteiger partial charge in [0.2, 0.25) is 0 Å². The lowest BCUT2D eigenvalue weighted by Crippen LogP contribution is -2.24. The number of carbonyl (C=O) groups is 1. The van der Waals surface area contributed by atoms with Crippen molar-refractivity contribution in [2.24, 2.45) is 0 Å². The molecule has 0 aliphatic carbocycles. The molecule has 2 aromatic rings. The van der Waals surface area contributed by atoms with Crippen LogP contribution in [0.3, 0.4) is 0 Å². The number of H-pyrrole nitrogens is 1. The van der Waals surface area contributed by atoms with Gasteiger partial charge in [-0.15, -0.1) is 0 Å². The Morgan fingerprint density at radius 1 is 1.44 bits per heavy atom. The number of rotatable bonds is 3. The molecule has 0 spiro atoms. The summed E-state index contributed by atoms with van der Waals surface area (Å²) < 4.78 is 5.27. The molecule has 0 radical (unpaired) electrons. The maximum Gasteiger partial charge on any atom is 0.306 e. The molecule has 0 amide bonds. The van der Waals surface area contributed by atoms with Crippen LogP contribution in [-0.4, -0.2) is 21.5 Å². The molecule has 0 atom stereocenters. The number of hydrogen-bond acceptors (Lipinski definition) is 3. The number of nitrogens with one attached hydrogen (secondary N) is 1. The zero-order valence-electron chi connectivity index (χ0n) is 11.0. The number of aryl methyl sites for hydroxylation is 1. The predicted octanol–water partition coefficient (Wildman–Crippen LogP) is 2.84. The first-order valence-electron chi connectivity index (χ1n) is 6.07. The minimum Gasteiger partial charge on any atom is -0.460 e. The van der Waals surface area contributed by atoms with Crippen molar-refractivity contribution in [3.05, 3.63) is 30.2 Å². The minimum atomic E-state index is -0.415. The first-order chi connectivity index (χ1) is 8.44. The van der Waals surface area contributed by atoms with E-state index >= 15 is 0 Å². The molecule has 2 rings (SSSR count). The van der Waals surface area contributed by atoms with Gasteiger partial charge in [0.25, 0.3) is 0 Å². The fourth-order valence-corrected chi connectivity index (χ4v) is 1.80. The predicted molar refractivity (Wildman–Crippen MR) is 70.3 cm³/mol. The Kier molecular flexibility index (Phi) is 3.36. The molecule has 0 fully saturated rings. The van der Waals surface area contributed by atoms with Crippen molar-refractivity contribution >= 4 is 16.9 Å². The fourth-order valence-electron chi connectivity index (χ4n) is 1.80. The standard InChI is InChI=1S/C14H18N2O2/c1-14(2,3)18-13(17)5-4-11-8-10-6-7-15-9-12(10)16-11/h6-9,16H,4-5H2,1-3H3. The molecule has 0 saturated carbocycles. The van der Waals surface area contributed by atoms with Gasteiger partial charge in [-0.25, -0.2) is 0 Å². The van der Waals surface area contributed by atoms with Gasteiger partial charge in [-0.05, 0) is 39.3 Å². The summed E-state index contributed by atoms with van der Waals surface area (Å²) in [5.74, 6) is -0.167. The molecule has 2 aromatic heterocycles. The molecule has 4 nitrogen and oxygen atoms in total. The highest BCUT2D eigenvalue weighted by atomic mass is 16.6. The van der Waals surface area contributed by atoms with Crippen molar-refractivity contribution in [2.45, 2.75) is 39.2 Å². The summed E-state index contributed by atoms with van der Waals surface area (Å²) in [6, 6.07) is 3.99. The van der Waals surface area contributed by atoms with Crippen LogP contribution in [0.1, 0.15) is 32.9 Å². The third kappa shape index (κ3) is 3.32. The van der Waals surface area contributed by atoms with Gasteiger partial charge >= 0.3 is 5.97 Å². The average molecular weight is 246 g/mol. The number of esters is 1. The molecule has 0 aromatic carbocycles. The summed E-state index contributed by atoms with van der Waals surface area (Å²) in [6.45, 7) is 5.62. The van der Waals surface area contributed by atoms with E-state index in [2.05, 4.69) is 9.97 Å². The normalized spacial score (nSPS) is 11.7. The molecule has 96 valence electrons. The van der Waals surface area contributed by atoms with E-state index in [1.165, 1.54) is 0 Å². The first kappa shape index (κ1) is 12.6. The smallest absolute Gasteiger partial charge is 0.306 e. The van der Waals surface area contributed by atoms with Crippen molar-refractivity contribution < 1.29 is 9.53 Å². The van der Waals surface area contributed by atoms with Crippen LogP contribution < -0.4 is 0 Å². The molecular weight excluding hydrogens is 228 g/mol. The van der Waals surface area contributed by atoms with E-state index in [9.17, 15) is 4.79 Å². The summed E-state index contributed by atoms with van der Waals surface area (Å²) >= 11 is 0. The lowest BCUT2D eigenvalue weighted by atomic mass is 10.2. The number of hydrogen-bond donors (Lipinski definition) is 1. The maximum absolute atomic E-state index is 11.6. The van der Waals surface area contributed by atoms with E-state index in [4.69, 9.17) is 4.74 Å². The zero-order chi connectivity index (χ0) is 13.2. The van der Waals surface area contributed by atoms with E-state index in [1.807, 2.05) is 32.9 Å². The van der Waals surface area contributed by atoms with Crippen molar-refractivity contribution in [3.63, 3.8) is 0 Å².